The number of hydrogen-bond donors (Lipinski definition) is 1. The van der Waals surface area contributed by atoms with Crippen LogP contribution in [0.15, 0.2) is 16.7 Å². The molecule has 102 valence electrons. The number of rotatable bonds is 7. The molecule has 0 aliphatic heterocycles. The number of nitrogens with zero attached hydrogens (tertiary/aromatic N) is 1. The Hall–Kier alpha value is -0.800. The second-order valence-electron chi connectivity index (χ2n) is 5.95. The first-order chi connectivity index (χ1) is 8.65. The van der Waals surface area contributed by atoms with Gasteiger partial charge in [-0.2, -0.15) is 0 Å². The number of nitrogens with one attached hydrogen (secondary N) is 1. The molecule has 1 aromatic heterocycles. The topological polar surface area (TPSA) is 28.4 Å². The maximum atomic E-state index is 5.63. The minimum absolute atomic E-state index is 0.695. The smallest absolute Gasteiger partial charge is 0.118 e. The summed E-state index contributed by atoms with van der Waals surface area (Å²) >= 11 is 0. The minimum Gasteiger partial charge on any atom is -0.468 e. The van der Waals surface area contributed by atoms with Gasteiger partial charge in [-0.1, -0.05) is 20.3 Å². The Morgan fingerprint density at radius 1 is 1.44 bits per heavy atom. The predicted octanol–water partition coefficient (Wildman–Crippen LogP) is 3.01. The van der Waals surface area contributed by atoms with Crippen molar-refractivity contribution in [1.82, 2.24) is 10.2 Å². The molecule has 0 atom stereocenters. The number of furan rings is 1. The van der Waals surface area contributed by atoms with E-state index in [1.807, 2.05) is 6.26 Å². The molecule has 3 heteroatoms. The lowest BCUT2D eigenvalue weighted by Crippen LogP contribution is -2.36. The second kappa shape index (κ2) is 6.39. The Kier molecular flexibility index (Phi) is 4.84. The largest absolute Gasteiger partial charge is 0.468 e. The van der Waals surface area contributed by atoms with E-state index >= 15 is 0 Å². The van der Waals surface area contributed by atoms with Gasteiger partial charge < -0.3 is 9.73 Å². The van der Waals surface area contributed by atoms with Crippen LogP contribution in [0.4, 0.5) is 0 Å². The fourth-order valence-corrected chi connectivity index (χ4v) is 2.31. The molecule has 1 fully saturated rings. The third-order valence-electron chi connectivity index (χ3n) is 3.69. The van der Waals surface area contributed by atoms with E-state index < -0.39 is 0 Å². The lowest BCUT2D eigenvalue weighted by Gasteiger charge is -2.34. The summed E-state index contributed by atoms with van der Waals surface area (Å²) < 4.78 is 5.63. The molecule has 18 heavy (non-hydrogen) atoms. The summed E-state index contributed by atoms with van der Waals surface area (Å²) in [4.78, 5) is 2.41. The summed E-state index contributed by atoms with van der Waals surface area (Å²) in [6, 6.07) is 2.96. The standard InChI is InChI=1S/C15H26N2O/c1-12(2)8-16-9-13-7-15(18-11-13)10-17(3)14-5-4-6-14/h7,11-12,14,16H,4-6,8-10H2,1-3H3. The van der Waals surface area contributed by atoms with Gasteiger partial charge in [-0.15, -0.1) is 0 Å². The van der Waals surface area contributed by atoms with Crippen molar-refractivity contribution in [1.29, 1.82) is 0 Å². The molecule has 0 aromatic carbocycles. The van der Waals surface area contributed by atoms with Crippen molar-refractivity contribution < 1.29 is 4.42 Å². The average molecular weight is 250 g/mol. The van der Waals surface area contributed by atoms with Gasteiger partial charge in [0.05, 0.1) is 12.8 Å². The third kappa shape index (κ3) is 3.85. The van der Waals surface area contributed by atoms with Crippen LogP contribution in [-0.4, -0.2) is 24.5 Å². The van der Waals surface area contributed by atoms with Crippen LogP contribution in [-0.2, 0) is 13.1 Å². The molecule has 0 bridgehead atoms. The summed E-state index contributed by atoms with van der Waals surface area (Å²) in [6.07, 6.45) is 5.97. The van der Waals surface area contributed by atoms with Crippen LogP contribution in [0, 0.1) is 5.92 Å². The molecule has 1 aliphatic rings. The van der Waals surface area contributed by atoms with Crippen molar-refractivity contribution in [2.45, 2.75) is 52.2 Å². The van der Waals surface area contributed by atoms with Crippen molar-refractivity contribution in [2.75, 3.05) is 13.6 Å². The molecular weight excluding hydrogens is 224 g/mol. The third-order valence-corrected chi connectivity index (χ3v) is 3.69. The SMILES string of the molecule is CC(C)CNCc1coc(CN(C)C2CCC2)c1. The Labute approximate surface area is 111 Å². The highest BCUT2D eigenvalue weighted by atomic mass is 16.3. The van der Waals surface area contributed by atoms with E-state index in [0.29, 0.717) is 5.92 Å². The lowest BCUT2D eigenvalue weighted by molar-refractivity contribution is 0.143. The highest BCUT2D eigenvalue weighted by Crippen LogP contribution is 2.25. The van der Waals surface area contributed by atoms with Gasteiger partial charge in [0.25, 0.3) is 0 Å². The van der Waals surface area contributed by atoms with Crippen LogP contribution in [0.2, 0.25) is 0 Å². The zero-order valence-electron chi connectivity index (χ0n) is 11.9. The lowest BCUT2D eigenvalue weighted by atomic mass is 9.92. The second-order valence-corrected chi connectivity index (χ2v) is 5.95. The van der Waals surface area contributed by atoms with Crippen LogP contribution in [0.5, 0.6) is 0 Å². The van der Waals surface area contributed by atoms with Gasteiger partial charge in [0.2, 0.25) is 0 Å². The molecule has 1 aromatic rings. The zero-order chi connectivity index (χ0) is 13.0. The van der Waals surface area contributed by atoms with Gasteiger partial charge >= 0.3 is 0 Å². The van der Waals surface area contributed by atoms with Gasteiger partial charge in [-0.05, 0) is 38.4 Å². The maximum Gasteiger partial charge on any atom is 0.118 e. The molecule has 0 unspecified atom stereocenters. The van der Waals surface area contributed by atoms with E-state index in [0.717, 1.165) is 31.4 Å². The molecule has 0 radical (unpaired) electrons. The van der Waals surface area contributed by atoms with Gasteiger partial charge in [-0.25, -0.2) is 0 Å². The molecule has 1 heterocycles. The first kappa shape index (κ1) is 13.6. The average Bonchev–Trinajstić information content (AvgIpc) is 2.62. The van der Waals surface area contributed by atoms with Crippen molar-refractivity contribution in [3.05, 3.63) is 23.7 Å². The van der Waals surface area contributed by atoms with Crippen molar-refractivity contribution in [3.8, 4) is 0 Å². The van der Waals surface area contributed by atoms with E-state index in [1.165, 1.54) is 24.8 Å². The van der Waals surface area contributed by atoms with Crippen molar-refractivity contribution in [3.63, 3.8) is 0 Å². The van der Waals surface area contributed by atoms with E-state index in [1.54, 1.807) is 0 Å². The fraction of sp³-hybridized carbons (Fsp3) is 0.733. The van der Waals surface area contributed by atoms with Crippen LogP contribution in [0.25, 0.3) is 0 Å². The fourth-order valence-electron chi connectivity index (χ4n) is 2.31. The molecule has 0 saturated heterocycles. The van der Waals surface area contributed by atoms with Crippen molar-refractivity contribution in [2.24, 2.45) is 5.92 Å². The Morgan fingerprint density at radius 3 is 2.83 bits per heavy atom. The van der Waals surface area contributed by atoms with Gasteiger partial charge in [-0.3, -0.25) is 4.90 Å². The highest BCUT2D eigenvalue weighted by molar-refractivity contribution is 5.12. The first-order valence-corrected chi connectivity index (χ1v) is 7.12. The van der Waals surface area contributed by atoms with Gasteiger partial charge in [0, 0.05) is 18.2 Å². The molecule has 2 rings (SSSR count). The number of hydrogen-bond acceptors (Lipinski definition) is 3. The molecule has 3 nitrogen and oxygen atoms in total. The first-order valence-electron chi connectivity index (χ1n) is 7.12. The van der Waals surface area contributed by atoms with E-state index in [2.05, 4.69) is 37.2 Å². The molecular formula is C15H26N2O. The molecule has 0 amide bonds. The Balaban J connectivity index is 1.74. The van der Waals surface area contributed by atoms with Gasteiger partial charge in [0.15, 0.2) is 0 Å². The van der Waals surface area contributed by atoms with Crippen LogP contribution in [0.1, 0.15) is 44.4 Å². The molecule has 1 saturated carbocycles. The maximum absolute atomic E-state index is 5.63. The quantitative estimate of drug-likeness (QED) is 0.806. The van der Waals surface area contributed by atoms with Gasteiger partial charge in [0.1, 0.15) is 5.76 Å². The van der Waals surface area contributed by atoms with Crippen LogP contribution >= 0.6 is 0 Å². The Morgan fingerprint density at radius 2 is 2.22 bits per heavy atom. The molecule has 1 N–H and O–H groups in total. The Bertz CT molecular complexity index is 355. The van der Waals surface area contributed by atoms with E-state index in [9.17, 15) is 0 Å². The molecule has 0 spiro atoms. The molecule has 1 aliphatic carbocycles. The normalized spacial score (nSPS) is 16.5. The summed E-state index contributed by atoms with van der Waals surface area (Å²) in [6.45, 7) is 7.36. The van der Waals surface area contributed by atoms with Crippen LogP contribution < -0.4 is 5.32 Å². The van der Waals surface area contributed by atoms with E-state index in [-0.39, 0.29) is 0 Å². The monoisotopic (exact) mass is 250 g/mol. The van der Waals surface area contributed by atoms with E-state index in [4.69, 9.17) is 4.42 Å². The highest BCUT2D eigenvalue weighted by Gasteiger charge is 2.22. The minimum atomic E-state index is 0.695. The summed E-state index contributed by atoms with van der Waals surface area (Å²) in [5, 5.41) is 3.44. The summed E-state index contributed by atoms with van der Waals surface area (Å²) in [5.41, 5.74) is 1.26. The van der Waals surface area contributed by atoms with Crippen LogP contribution in [0.3, 0.4) is 0 Å². The predicted molar refractivity (Wildman–Crippen MR) is 74.4 cm³/mol. The zero-order valence-corrected chi connectivity index (χ0v) is 11.9. The summed E-state index contributed by atoms with van der Waals surface area (Å²) in [5.74, 6) is 1.78. The summed E-state index contributed by atoms with van der Waals surface area (Å²) in [7, 11) is 2.20. The van der Waals surface area contributed by atoms with Crippen molar-refractivity contribution >= 4 is 0 Å².